The van der Waals surface area contributed by atoms with Gasteiger partial charge in [0.05, 0.1) is 0 Å². The Hall–Kier alpha value is -1.91. The number of hydrogen-bond donors (Lipinski definition) is 2. The molecule has 2 amide bonds. The molecule has 3 N–H and O–H groups in total. The highest BCUT2D eigenvalue weighted by molar-refractivity contribution is 5.90. The van der Waals surface area contributed by atoms with Gasteiger partial charge in [0.25, 0.3) is 0 Å². The maximum Gasteiger partial charge on any atom is 0.225 e. The predicted octanol–water partition coefficient (Wildman–Crippen LogP) is 0.922. The molecule has 5 heteroatoms. The second-order valence-corrected chi connectivity index (χ2v) is 3.74. The maximum absolute atomic E-state index is 11.5. The summed E-state index contributed by atoms with van der Waals surface area (Å²) in [7, 11) is 0. The second kappa shape index (κ2) is 5.85. The first kappa shape index (κ1) is 12.2. The lowest BCUT2D eigenvalue weighted by Crippen LogP contribution is -2.20. The number of amides is 2. The Morgan fingerprint density at radius 2 is 2.19 bits per heavy atom. The fraction of sp³-hybridized carbons (Fsp3) is 0.364. The normalized spacial score (nSPS) is 11.8. The standard InChI is InChI=1S/C11H15N3O2/c1-8(6-9(12)15)7-11(16)14-10-4-2-3-5-13-10/h2-5,8H,6-7H2,1H3,(H2,12,15)(H,13,14,16)/t8-/m1/s1. The Bertz CT molecular complexity index is 365. The minimum absolute atomic E-state index is 0.0544. The first-order valence-corrected chi connectivity index (χ1v) is 5.07. The van der Waals surface area contributed by atoms with Crippen molar-refractivity contribution in [3.63, 3.8) is 0 Å². The Balaban J connectivity index is 2.39. The Labute approximate surface area is 94.1 Å². The van der Waals surface area contributed by atoms with Gasteiger partial charge in [-0.15, -0.1) is 0 Å². The van der Waals surface area contributed by atoms with Gasteiger partial charge in [0.2, 0.25) is 11.8 Å². The van der Waals surface area contributed by atoms with Gasteiger partial charge in [-0.2, -0.15) is 0 Å². The van der Waals surface area contributed by atoms with E-state index in [4.69, 9.17) is 5.73 Å². The van der Waals surface area contributed by atoms with Crippen molar-refractivity contribution in [2.45, 2.75) is 19.8 Å². The zero-order valence-electron chi connectivity index (χ0n) is 9.14. The molecule has 86 valence electrons. The van der Waals surface area contributed by atoms with Gasteiger partial charge in [0, 0.05) is 19.0 Å². The van der Waals surface area contributed by atoms with Gasteiger partial charge in [-0.05, 0) is 18.1 Å². The molecule has 0 fully saturated rings. The van der Waals surface area contributed by atoms with Gasteiger partial charge in [0.1, 0.15) is 5.82 Å². The highest BCUT2D eigenvalue weighted by Gasteiger charge is 2.11. The largest absolute Gasteiger partial charge is 0.370 e. The van der Waals surface area contributed by atoms with E-state index >= 15 is 0 Å². The summed E-state index contributed by atoms with van der Waals surface area (Å²) in [5, 5.41) is 2.64. The van der Waals surface area contributed by atoms with E-state index in [0.717, 1.165) is 0 Å². The molecule has 5 nitrogen and oxygen atoms in total. The van der Waals surface area contributed by atoms with Crippen LogP contribution in [-0.2, 0) is 9.59 Å². The number of primary amides is 1. The van der Waals surface area contributed by atoms with Crippen molar-refractivity contribution in [3.05, 3.63) is 24.4 Å². The van der Waals surface area contributed by atoms with Crippen LogP contribution in [0.3, 0.4) is 0 Å². The maximum atomic E-state index is 11.5. The van der Waals surface area contributed by atoms with Crippen LogP contribution in [0.2, 0.25) is 0 Å². The van der Waals surface area contributed by atoms with Gasteiger partial charge in [0.15, 0.2) is 0 Å². The molecule has 0 bridgehead atoms. The lowest BCUT2D eigenvalue weighted by Gasteiger charge is -2.08. The van der Waals surface area contributed by atoms with E-state index in [0.29, 0.717) is 5.82 Å². The first-order chi connectivity index (χ1) is 7.58. The number of nitrogens with zero attached hydrogens (tertiary/aromatic N) is 1. The molecule has 0 radical (unpaired) electrons. The topological polar surface area (TPSA) is 85.1 Å². The predicted molar refractivity (Wildman–Crippen MR) is 60.5 cm³/mol. The van der Waals surface area contributed by atoms with Crippen molar-refractivity contribution in [2.75, 3.05) is 5.32 Å². The van der Waals surface area contributed by atoms with Crippen LogP contribution >= 0.6 is 0 Å². The molecule has 0 aliphatic rings. The van der Waals surface area contributed by atoms with Gasteiger partial charge >= 0.3 is 0 Å². The van der Waals surface area contributed by atoms with E-state index in [9.17, 15) is 9.59 Å². The summed E-state index contributed by atoms with van der Waals surface area (Å²) in [4.78, 5) is 26.1. The molecule has 1 aromatic rings. The molecule has 0 spiro atoms. The minimum atomic E-state index is -0.391. The molecule has 1 atom stereocenters. The van der Waals surface area contributed by atoms with Crippen LogP contribution in [0.5, 0.6) is 0 Å². The molecule has 1 rings (SSSR count). The molecule has 0 aliphatic heterocycles. The van der Waals surface area contributed by atoms with Crippen molar-refractivity contribution in [3.8, 4) is 0 Å². The summed E-state index contributed by atoms with van der Waals surface area (Å²) in [6.45, 7) is 1.81. The molecule has 1 heterocycles. The van der Waals surface area contributed by atoms with Crippen LogP contribution in [0.4, 0.5) is 5.82 Å². The van der Waals surface area contributed by atoms with E-state index in [1.807, 2.05) is 6.92 Å². The number of hydrogen-bond acceptors (Lipinski definition) is 3. The molecule has 16 heavy (non-hydrogen) atoms. The number of carbonyl (C=O) groups is 2. The van der Waals surface area contributed by atoms with Crippen molar-refractivity contribution in [1.82, 2.24) is 4.98 Å². The summed E-state index contributed by atoms with van der Waals surface area (Å²) < 4.78 is 0. The number of pyridine rings is 1. The van der Waals surface area contributed by atoms with Gasteiger partial charge < -0.3 is 11.1 Å². The smallest absolute Gasteiger partial charge is 0.225 e. The second-order valence-electron chi connectivity index (χ2n) is 3.74. The van der Waals surface area contributed by atoms with Gasteiger partial charge in [-0.3, -0.25) is 9.59 Å². The van der Waals surface area contributed by atoms with Crippen LogP contribution < -0.4 is 11.1 Å². The molecule has 0 saturated heterocycles. The lowest BCUT2D eigenvalue weighted by molar-refractivity contribution is -0.119. The van der Waals surface area contributed by atoms with E-state index < -0.39 is 5.91 Å². The van der Waals surface area contributed by atoms with E-state index in [1.54, 1.807) is 24.4 Å². The first-order valence-electron chi connectivity index (χ1n) is 5.07. The fourth-order valence-electron chi connectivity index (χ4n) is 1.36. The van der Waals surface area contributed by atoms with Crippen molar-refractivity contribution >= 4 is 17.6 Å². The van der Waals surface area contributed by atoms with Gasteiger partial charge in [-0.1, -0.05) is 13.0 Å². The third-order valence-electron chi connectivity index (χ3n) is 2.02. The monoisotopic (exact) mass is 221 g/mol. The number of aromatic nitrogens is 1. The molecule has 0 saturated carbocycles. The number of anilines is 1. The molecule has 0 aliphatic carbocycles. The number of rotatable bonds is 5. The Morgan fingerprint density at radius 3 is 2.75 bits per heavy atom. The number of nitrogens with one attached hydrogen (secondary N) is 1. The zero-order chi connectivity index (χ0) is 12.0. The zero-order valence-corrected chi connectivity index (χ0v) is 9.14. The summed E-state index contributed by atoms with van der Waals surface area (Å²) in [6, 6.07) is 5.26. The quantitative estimate of drug-likeness (QED) is 0.775. The molecule has 0 unspecified atom stereocenters. The number of carbonyl (C=O) groups excluding carboxylic acids is 2. The van der Waals surface area contributed by atoms with Crippen LogP contribution in [0, 0.1) is 5.92 Å². The van der Waals surface area contributed by atoms with Gasteiger partial charge in [-0.25, -0.2) is 4.98 Å². The van der Waals surface area contributed by atoms with E-state index in [2.05, 4.69) is 10.3 Å². The number of nitrogens with two attached hydrogens (primary N) is 1. The molecule has 1 aromatic heterocycles. The fourth-order valence-corrected chi connectivity index (χ4v) is 1.36. The molecule has 0 aromatic carbocycles. The van der Waals surface area contributed by atoms with Crippen LogP contribution in [0.15, 0.2) is 24.4 Å². The third kappa shape index (κ3) is 4.54. The Morgan fingerprint density at radius 1 is 1.44 bits per heavy atom. The van der Waals surface area contributed by atoms with E-state index in [-0.39, 0.29) is 24.7 Å². The summed E-state index contributed by atoms with van der Waals surface area (Å²) in [5.74, 6) is -0.0921. The highest BCUT2D eigenvalue weighted by atomic mass is 16.2. The third-order valence-corrected chi connectivity index (χ3v) is 2.02. The van der Waals surface area contributed by atoms with Crippen LogP contribution in [0.25, 0.3) is 0 Å². The van der Waals surface area contributed by atoms with Crippen molar-refractivity contribution < 1.29 is 9.59 Å². The Kier molecular flexibility index (Phi) is 4.44. The average Bonchev–Trinajstić information content (AvgIpc) is 2.17. The summed E-state index contributed by atoms with van der Waals surface area (Å²) >= 11 is 0. The average molecular weight is 221 g/mol. The van der Waals surface area contributed by atoms with E-state index in [1.165, 1.54) is 0 Å². The van der Waals surface area contributed by atoms with Crippen molar-refractivity contribution in [2.24, 2.45) is 11.7 Å². The molecular formula is C11H15N3O2. The summed E-state index contributed by atoms with van der Waals surface area (Å²) in [5.41, 5.74) is 5.04. The highest BCUT2D eigenvalue weighted by Crippen LogP contribution is 2.09. The van der Waals surface area contributed by atoms with Crippen LogP contribution in [-0.4, -0.2) is 16.8 Å². The van der Waals surface area contributed by atoms with Crippen molar-refractivity contribution in [1.29, 1.82) is 0 Å². The SMILES string of the molecule is C[C@H](CC(N)=O)CC(=O)Nc1ccccn1. The minimum Gasteiger partial charge on any atom is -0.370 e. The lowest BCUT2D eigenvalue weighted by atomic mass is 10.0. The summed E-state index contributed by atoms with van der Waals surface area (Å²) in [6.07, 6.45) is 2.08. The van der Waals surface area contributed by atoms with Crippen LogP contribution in [0.1, 0.15) is 19.8 Å². The molecular weight excluding hydrogens is 206 g/mol.